The molecule has 2 rings (SSSR count). The highest BCUT2D eigenvalue weighted by atomic mass is 15.3. The first-order chi connectivity index (χ1) is 7.71. The lowest BCUT2D eigenvalue weighted by Gasteiger charge is -2.44. The van der Waals surface area contributed by atoms with Crippen LogP contribution in [0.25, 0.3) is 0 Å². The summed E-state index contributed by atoms with van der Waals surface area (Å²) in [5.41, 5.74) is 6.32. The molecule has 2 aliphatic rings. The standard InChI is InChI=1S/C14H28N2/c1-3-9-14(2,11-15)16-10-8-12-6-4-5-7-13(12)16/h12-13H,3-11,15H2,1-2H3. The van der Waals surface area contributed by atoms with E-state index < -0.39 is 0 Å². The molecule has 2 fully saturated rings. The fraction of sp³-hybridized carbons (Fsp3) is 1.00. The minimum atomic E-state index is 0.269. The maximum absolute atomic E-state index is 6.05. The first kappa shape index (κ1) is 12.4. The van der Waals surface area contributed by atoms with Gasteiger partial charge in [0.2, 0.25) is 0 Å². The van der Waals surface area contributed by atoms with Crippen LogP contribution in [0.2, 0.25) is 0 Å². The fourth-order valence-corrected chi connectivity index (χ4v) is 3.98. The number of likely N-dealkylation sites (tertiary alicyclic amines) is 1. The predicted octanol–water partition coefficient (Wildman–Crippen LogP) is 2.77. The van der Waals surface area contributed by atoms with Crippen LogP contribution in [0.4, 0.5) is 0 Å². The molecule has 0 radical (unpaired) electrons. The summed E-state index contributed by atoms with van der Waals surface area (Å²) < 4.78 is 0. The molecule has 1 heterocycles. The van der Waals surface area contributed by atoms with E-state index in [0.29, 0.717) is 0 Å². The Morgan fingerprint density at radius 2 is 2.00 bits per heavy atom. The zero-order valence-electron chi connectivity index (χ0n) is 11.0. The molecule has 0 bridgehead atoms. The molecule has 16 heavy (non-hydrogen) atoms. The maximum Gasteiger partial charge on any atom is 0.0306 e. The summed E-state index contributed by atoms with van der Waals surface area (Å²) in [7, 11) is 0. The maximum atomic E-state index is 6.05. The Kier molecular flexibility index (Phi) is 3.91. The van der Waals surface area contributed by atoms with E-state index in [1.807, 2.05) is 0 Å². The van der Waals surface area contributed by atoms with Crippen molar-refractivity contribution in [1.29, 1.82) is 0 Å². The van der Waals surface area contributed by atoms with Gasteiger partial charge in [0.1, 0.15) is 0 Å². The van der Waals surface area contributed by atoms with Crippen LogP contribution in [0.1, 0.15) is 58.8 Å². The van der Waals surface area contributed by atoms with Crippen LogP contribution in [0.5, 0.6) is 0 Å². The molecule has 1 aliphatic carbocycles. The van der Waals surface area contributed by atoms with E-state index in [-0.39, 0.29) is 5.54 Å². The first-order valence-electron chi connectivity index (χ1n) is 7.18. The Labute approximate surface area is 101 Å². The van der Waals surface area contributed by atoms with Crippen molar-refractivity contribution < 1.29 is 0 Å². The van der Waals surface area contributed by atoms with Crippen molar-refractivity contribution in [2.75, 3.05) is 13.1 Å². The second-order valence-electron chi connectivity index (χ2n) is 6.05. The third kappa shape index (κ3) is 2.14. The molecule has 1 saturated carbocycles. The molecule has 1 aliphatic heterocycles. The quantitative estimate of drug-likeness (QED) is 0.795. The van der Waals surface area contributed by atoms with Crippen molar-refractivity contribution in [2.45, 2.75) is 70.4 Å². The number of nitrogens with zero attached hydrogens (tertiary/aromatic N) is 1. The molecule has 0 aromatic rings. The van der Waals surface area contributed by atoms with Crippen LogP contribution in [-0.2, 0) is 0 Å². The van der Waals surface area contributed by atoms with Crippen LogP contribution in [0.3, 0.4) is 0 Å². The van der Waals surface area contributed by atoms with Crippen LogP contribution in [0.15, 0.2) is 0 Å². The molecule has 2 nitrogen and oxygen atoms in total. The number of rotatable bonds is 4. The van der Waals surface area contributed by atoms with Crippen LogP contribution in [0, 0.1) is 5.92 Å². The van der Waals surface area contributed by atoms with E-state index in [1.165, 1.54) is 51.5 Å². The molecule has 0 aromatic carbocycles. The average Bonchev–Trinajstić information content (AvgIpc) is 2.73. The second-order valence-corrected chi connectivity index (χ2v) is 6.05. The Hall–Kier alpha value is -0.0800. The Morgan fingerprint density at radius 3 is 2.69 bits per heavy atom. The van der Waals surface area contributed by atoms with Gasteiger partial charge in [-0.05, 0) is 45.1 Å². The number of nitrogens with two attached hydrogens (primary N) is 1. The van der Waals surface area contributed by atoms with Crippen LogP contribution >= 0.6 is 0 Å². The summed E-state index contributed by atoms with van der Waals surface area (Å²) in [5, 5.41) is 0. The van der Waals surface area contributed by atoms with Crippen molar-refractivity contribution >= 4 is 0 Å². The van der Waals surface area contributed by atoms with Gasteiger partial charge < -0.3 is 5.73 Å². The molecule has 2 heteroatoms. The lowest BCUT2D eigenvalue weighted by atomic mass is 9.83. The van der Waals surface area contributed by atoms with Crippen molar-refractivity contribution in [3.63, 3.8) is 0 Å². The van der Waals surface area contributed by atoms with Crippen LogP contribution in [-0.4, -0.2) is 29.6 Å². The first-order valence-corrected chi connectivity index (χ1v) is 7.18. The van der Waals surface area contributed by atoms with Gasteiger partial charge in [-0.15, -0.1) is 0 Å². The van der Waals surface area contributed by atoms with E-state index >= 15 is 0 Å². The molecule has 0 spiro atoms. The van der Waals surface area contributed by atoms with Gasteiger partial charge in [0.15, 0.2) is 0 Å². The molecular formula is C14H28N2. The lowest BCUT2D eigenvalue weighted by Crippen LogP contribution is -2.54. The van der Waals surface area contributed by atoms with Crippen molar-refractivity contribution in [1.82, 2.24) is 4.90 Å². The van der Waals surface area contributed by atoms with Gasteiger partial charge in [0, 0.05) is 18.1 Å². The smallest absolute Gasteiger partial charge is 0.0306 e. The molecule has 94 valence electrons. The number of hydrogen-bond donors (Lipinski definition) is 1. The average molecular weight is 224 g/mol. The van der Waals surface area contributed by atoms with Crippen LogP contribution < -0.4 is 5.73 Å². The summed E-state index contributed by atoms with van der Waals surface area (Å²) in [6, 6.07) is 0.855. The summed E-state index contributed by atoms with van der Waals surface area (Å²) >= 11 is 0. The highest BCUT2D eigenvalue weighted by Gasteiger charge is 2.43. The van der Waals surface area contributed by atoms with Gasteiger partial charge in [-0.1, -0.05) is 26.2 Å². The third-order valence-electron chi connectivity index (χ3n) is 4.93. The van der Waals surface area contributed by atoms with E-state index in [4.69, 9.17) is 5.73 Å². The molecule has 0 aromatic heterocycles. The molecule has 2 N–H and O–H groups in total. The zero-order valence-corrected chi connectivity index (χ0v) is 11.0. The van der Waals surface area contributed by atoms with Crippen molar-refractivity contribution in [3.05, 3.63) is 0 Å². The van der Waals surface area contributed by atoms with Gasteiger partial charge >= 0.3 is 0 Å². The predicted molar refractivity (Wildman–Crippen MR) is 69.4 cm³/mol. The molecule has 0 amide bonds. The zero-order chi connectivity index (χ0) is 11.6. The lowest BCUT2D eigenvalue weighted by molar-refractivity contribution is 0.0603. The van der Waals surface area contributed by atoms with Gasteiger partial charge in [0.05, 0.1) is 0 Å². The van der Waals surface area contributed by atoms with Crippen molar-refractivity contribution in [2.24, 2.45) is 11.7 Å². The topological polar surface area (TPSA) is 29.3 Å². The monoisotopic (exact) mass is 224 g/mol. The molecule has 3 atom stereocenters. The molecule has 3 unspecified atom stereocenters. The normalized spacial score (nSPS) is 34.7. The molecular weight excluding hydrogens is 196 g/mol. The van der Waals surface area contributed by atoms with Crippen molar-refractivity contribution in [3.8, 4) is 0 Å². The summed E-state index contributed by atoms with van der Waals surface area (Å²) in [6.45, 7) is 6.78. The second kappa shape index (κ2) is 5.05. The van der Waals surface area contributed by atoms with E-state index in [1.54, 1.807) is 0 Å². The summed E-state index contributed by atoms with van der Waals surface area (Å²) in [6.07, 6.45) is 9.71. The largest absolute Gasteiger partial charge is 0.329 e. The number of hydrogen-bond acceptors (Lipinski definition) is 2. The van der Waals surface area contributed by atoms with Gasteiger partial charge in [0.25, 0.3) is 0 Å². The Morgan fingerprint density at radius 1 is 1.25 bits per heavy atom. The summed E-state index contributed by atoms with van der Waals surface area (Å²) in [5.74, 6) is 0.983. The van der Waals surface area contributed by atoms with E-state index in [0.717, 1.165) is 18.5 Å². The SMILES string of the molecule is CCCC(C)(CN)N1CCC2CCCCC21. The minimum Gasteiger partial charge on any atom is -0.329 e. The highest BCUT2D eigenvalue weighted by molar-refractivity contribution is 4.98. The Balaban J connectivity index is 2.07. The minimum absolute atomic E-state index is 0.269. The van der Waals surface area contributed by atoms with Gasteiger partial charge in [-0.3, -0.25) is 4.90 Å². The summed E-state index contributed by atoms with van der Waals surface area (Å²) in [4.78, 5) is 2.76. The Bertz CT molecular complexity index is 229. The van der Waals surface area contributed by atoms with Gasteiger partial charge in [-0.2, -0.15) is 0 Å². The van der Waals surface area contributed by atoms with E-state index in [9.17, 15) is 0 Å². The third-order valence-corrected chi connectivity index (χ3v) is 4.93. The van der Waals surface area contributed by atoms with Gasteiger partial charge in [-0.25, -0.2) is 0 Å². The number of fused-ring (bicyclic) bond motifs is 1. The molecule has 1 saturated heterocycles. The highest BCUT2D eigenvalue weighted by Crippen LogP contribution is 2.40. The fourth-order valence-electron chi connectivity index (χ4n) is 3.98. The van der Waals surface area contributed by atoms with E-state index in [2.05, 4.69) is 18.7 Å².